The van der Waals surface area contributed by atoms with E-state index in [1.807, 2.05) is 6.07 Å². The van der Waals surface area contributed by atoms with Crippen LogP contribution in [-0.4, -0.2) is 67.9 Å². The van der Waals surface area contributed by atoms with Gasteiger partial charge in [-0.2, -0.15) is 4.31 Å². The molecule has 0 bridgehead atoms. The molecule has 1 aromatic heterocycles. The van der Waals surface area contributed by atoms with Crippen molar-refractivity contribution in [3.8, 4) is 0 Å². The second-order valence-electron chi connectivity index (χ2n) is 7.79. The predicted octanol–water partition coefficient (Wildman–Crippen LogP) is 2.57. The van der Waals surface area contributed by atoms with Crippen molar-refractivity contribution in [3.63, 3.8) is 0 Å². The Morgan fingerprint density at radius 2 is 1.73 bits per heavy atom. The fraction of sp³-hybridized carbons (Fsp3) is 0.737. The van der Waals surface area contributed by atoms with Gasteiger partial charge in [-0.1, -0.05) is 6.42 Å². The Balaban J connectivity index is 1.65. The smallest absolute Gasteiger partial charge is 0.244 e. The second-order valence-corrected chi connectivity index (χ2v) is 9.73. The molecule has 26 heavy (non-hydrogen) atoms. The number of aromatic nitrogens is 1. The maximum Gasteiger partial charge on any atom is 0.244 e. The quantitative estimate of drug-likeness (QED) is 0.786. The number of pyridine rings is 1. The highest BCUT2D eigenvalue weighted by Crippen LogP contribution is 2.24. The van der Waals surface area contributed by atoms with Crippen LogP contribution < -0.4 is 4.90 Å². The molecule has 0 aliphatic carbocycles. The Kier molecular flexibility index (Phi) is 6.20. The van der Waals surface area contributed by atoms with Gasteiger partial charge in [-0.15, -0.1) is 0 Å². The van der Waals surface area contributed by atoms with Crippen LogP contribution in [0.5, 0.6) is 0 Å². The van der Waals surface area contributed by atoms with Gasteiger partial charge in [0.15, 0.2) is 0 Å². The van der Waals surface area contributed by atoms with E-state index in [1.165, 1.54) is 6.20 Å². The van der Waals surface area contributed by atoms with E-state index in [0.29, 0.717) is 30.1 Å². The average molecular weight is 381 g/mol. The van der Waals surface area contributed by atoms with Crippen molar-refractivity contribution in [3.05, 3.63) is 18.3 Å². The zero-order valence-corrected chi connectivity index (χ0v) is 17.1. The summed E-state index contributed by atoms with van der Waals surface area (Å²) in [6, 6.07) is 4.62. The third kappa shape index (κ3) is 4.21. The van der Waals surface area contributed by atoms with Crippen LogP contribution in [0.3, 0.4) is 0 Å². The maximum absolute atomic E-state index is 12.7. The summed E-state index contributed by atoms with van der Waals surface area (Å²) >= 11 is 0. The zero-order valence-electron chi connectivity index (χ0n) is 16.3. The molecule has 7 heteroatoms. The third-order valence-electron chi connectivity index (χ3n) is 5.81. The Labute approximate surface area is 158 Å². The van der Waals surface area contributed by atoms with E-state index < -0.39 is 10.0 Å². The fourth-order valence-corrected chi connectivity index (χ4v) is 5.43. The lowest BCUT2D eigenvalue weighted by Gasteiger charge is -2.39. The SMILES string of the molecule is CC(C)N1CCC(N(C)c2ccc(S(=O)(=O)N3CCCCC3)cn2)CC1. The molecule has 3 heterocycles. The van der Waals surface area contributed by atoms with Gasteiger partial charge in [0.2, 0.25) is 10.0 Å². The molecule has 0 unspecified atom stereocenters. The van der Waals surface area contributed by atoms with E-state index in [-0.39, 0.29) is 0 Å². The van der Waals surface area contributed by atoms with Gasteiger partial charge >= 0.3 is 0 Å². The molecule has 0 N–H and O–H groups in total. The second kappa shape index (κ2) is 8.23. The first-order valence-electron chi connectivity index (χ1n) is 9.82. The summed E-state index contributed by atoms with van der Waals surface area (Å²) in [6.45, 7) is 7.94. The van der Waals surface area contributed by atoms with Gasteiger partial charge < -0.3 is 9.80 Å². The van der Waals surface area contributed by atoms with Crippen LogP contribution in [0.2, 0.25) is 0 Å². The van der Waals surface area contributed by atoms with Crippen molar-refractivity contribution in [2.45, 2.75) is 62.9 Å². The topological polar surface area (TPSA) is 56.8 Å². The van der Waals surface area contributed by atoms with Crippen LogP contribution in [0.25, 0.3) is 0 Å². The van der Waals surface area contributed by atoms with Crippen LogP contribution >= 0.6 is 0 Å². The molecule has 146 valence electrons. The minimum Gasteiger partial charge on any atom is -0.357 e. The highest BCUT2D eigenvalue weighted by molar-refractivity contribution is 7.89. The fourth-order valence-electron chi connectivity index (χ4n) is 3.96. The van der Waals surface area contributed by atoms with Gasteiger partial charge in [-0.25, -0.2) is 13.4 Å². The lowest BCUT2D eigenvalue weighted by molar-refractivity contribution is 0.171. The first-order valence-corrected chi connectivity index (χ1v) is 11.3. The van der Waals surface area contributed by atoms with Crippen molar-refractivity contribution in [2.24, 2.45) is 0 Å². The van der Waals surface area contributed by atoms with Crippen LogP contribution in [0, 0.1) is 0 Å². The summed E-state index contributed by atoms with van der Waals surface area (Å²) in [4.78, 5) is 9.50. The first kappa shape index (κ1) is 19.6. The highest BCUT2D eigenvalue weighted by Gasteiger charge is 2.27. The summed E-state index contributed by atoms with van der Waals surface area (Å²) < 4.78 is 27.1. The molecular formula is C19H32N4O2S. The standard InChI is InChI=1S/C19H32N4O2S/c1-16(2)22-13-9-17(10-14-22)21(3)19-8-7-18(15-20-19)26(24,25)23-11-5-4-6-12-23/h7-8,15-17H,4-6,9-14H2,1-3H3. The zero-order chi connectivity index (χ0) is 18.7. The van der Waals surface area contributed by atoms with E-state index in [1.54, 1.807) is 10.4 Å². The summed E-state index contributed by atoms with van der Waals surface area (Å²) in [5.41, 5.74) is 0. The number of piperidine rings is 2. The predicted molar refractivity (Wildman–Crippen MR) is 105 cm³/mol. The largest absolute Gasteiger partial charge is 0.357 e. The molecule has 2 aliphatic rings. The summed E-state index contributed by atoms with van der Waals surface area (Å²) in [6.07, 6.45) is 6.77. The van der Waals surface area contributed by atoms with E-state index in [2.05, 4.69) is 35.7 Å². The molecule has 2 aliphatic heterocycles. The highest BCUT2D eigenvalue weighted by atomic mass is 32.2. The Hall–Kier alpha value is -1.18. The summed E-state index contributed by atoms with van der Waals surface area (Å²) in [5, 5.41) is 0. The Morgan fingerprint density at radius 3 is 2.27 bits per heavy atom. The number of rotatable bonds is 5. The molecule has 6 nitrogen and oxygen atoms in total. The first-order chi connectivity index (χ1) is 12.4. The van der Waals surface area contributed by atoms with Gasteiger partial charge in [0.05, 0.1) is 0 Å². The van der Waals surface area contributed by atoms with Gasteiger partial charge in [0, 0.05) is 51.5 Å². The molecule has 2 fully saturated rings. The summed E-state index contributed by atoms with van der Waals surface area (Å²) in [7, 11) is -1.33. The van der Waals surface area contributed by atoms with Crippen LogP contribution in [-0.2, 0) is 10.0 Å². The van der Waals surface area contributed by atoms with Gasteiger partial charge in [0.1, 0.15) is 10.7 Å². The molecule has 2 saturated heterocycles. The molecular weight excluding hydrogens is 348 g/mol. The van der Waals surface area contributed by atoms with E-state index >= 15 is 0 Å². The molecule has 0 aromatic carbocycles. The molecule has 1 aromatic rings. The summed E-state index contributed by atoms with van der Waals surface area (Å²) in [5.74, 6) is 0.852. The van der Waals surface area contributed by atoms with Gasteiger partial charge in [-0.3, -0.25) is 0 Å². The molecule has 0 spiro atoms. The maximum atomic E-state index is 12.7. The number of nitrogens with zero attached hydrogens (tertiary/aromatic N) is 4. The molecule has 0 atom stereocenters. The van der Waals surface area contributed by atoms with Crippen LogP contribution in [0.1, 0.15) is 46.0 Å². The molecule has 3 rings (SSSR count). The van der Waals surface area contributed by atoms with Crippen molar-refractivity contribution in [2.75, 3.05) is 38.1 Å². The number of hydrogen-bond donors (Lipinski definition) is 0. The Bertz CT molecular complexity index is 676. The number of anilines is 1. The van der Waals surface area contributed by atoms with Gasteiger partial charge in [-0.05, 0) is 51.7 Å². The molecule has 0 radical (unpaired) electrons. The van der Waals surface area contributed by atoms with E-state index in [0.717, 1.165) is 51.0 Å². The monoisotopic (exact) mass is 380 g/mol. The molecule has 0 amide bonds. The van der Waals surface area contributed by atoms with Crippen LogP contribution in [0.15, 0.2) is 23.2 Å². The molecule has 0 saturated carbocycles. The van der Waals surface area contributed by atoms with Crippen LogP contribution in [0.4, 0.5) is 5.82 Å². The lowest BCUT2D eigenvalue weighted by Crippen LogP contribution is -2.46. The minimum absolute atomic E-state index is 0.311. The Morgan fingerprint density at radius 1 is 1.08 bits per heavy atom. The number of hydrogen-bond acceptors (Lipinski definition) is 5. The van der Waals surface area contributed by atoms with Crippen molar-refractivity contribution in [1.82, 2.24) is 14.2 Å². The van der Waals surface area contributed by atoms with Crippen molar-refractivity contribution in [1.29, 1.82) is 0 Å². The van der Waals surface area contributed by atoms with Crippen molar-refractivity contribution >= 4 is 15.8 Å². The average Bonchev–Trinajstić information content (AvgIpc) is 2.68. The van der Waals surface area contributed by atoms with Crippen molar-refractivity contribution < 1.29 is 8.42 Å². The third-order valence-corrected chi connectivity index (χ3v) is 7.69. The van der Waals surface area contributed by atoms with Gasteiger partial charge in [0.25, 0.3) is 0 Å². The lowest BCUT2D eigenvalue weighted by atomic mass is 10.0. The van der Waals surface area contributed by atoms with E-state index in [9.17, 15) is 8.42 Å². The number of likely N-dealkylation sites (tertiary alicyclic amines) is 1. The van der Waals surface area contributed by atoms with E-state index in [4.69, 9.17) is 0 Å². The normalized spacial score (nSPS) is 21.2. The minimum atomic E-state index is -3.40. The number of sulfonamides is 1.